The van der Waals surface area contributed by atoms with Gasteiger partial charge in [-0.05, 0) is 48.7 Å². The Morgan fingerprint density at radius 3 is 2.60 bits per heavy atom. The van der Waals surface area contributed by atoms with Crippen LogP contribution in [0.25, 0.3) is 11.6 Å². The molecule has 2 heterocycles. The van der Waals surface area contributed by atoms with Crippen LogP contribution in [0.2, 0.25) is 0 Å². The minimum absolute atomic E-state index is 0.0205. The first-order valence-corrected chi connectivity index (χ1v) is 12.3. The Hall–Kier alpha value is -5.39. The number of nitrogen functional groups attached to an aromatic ring is 1. The maximum atomic E-state index is 13.1. The predicted octanol–water partition coefficient (Wildman–Crippen LogP) is 0.162. The van der Waals surface area contributed by atoms with E-state index < -0.39 is 17.4 Å². The highest BCUT2D eigenvalue weighted by atomic mass is 16.5. The summed E-state index contributed by atoms with van der Waals surface area (Å²) in [7, 11) is 0. The molecule has 0 unspecified atom stereocenters. The zero-order valence-corrected chi connectivity index (χ0v) is 21.7. The van der Waals surface area contributed by atoms with Gasteiger partial charge in [-0.3, -0.25) is 19.2 Å². The third kappa shape index (κ3) is 6.18. The molecule has 3 amide bonds. The quantitative estimate of drug-likeness (QED) is 0.131. The lowest BCUT2D eigenvalue weighted by Crippen LogP contribution is -2.49. The van der Waals surface area contributed by atoms with Crippen molar-refractivity contribution < 1.29 is 24.2 Å². The van der Waals surface area contributed by atoms with Gasteiger partial charge in [-0.15, -0.1) is 6.58 Å². The van der Waals surface area contributed by atoms with Crippen LogP contribution in [-0.4, -0.2) is 39.4 Å². The molecule has 3 aromatic rings. The van der Waals surface area contributed by atoms with Crippen molar-refractivity contribution in [2.45, 2.75) is 26.4 Å². The lowest BCUT2D eigenvalue weighted by atomic mass is 10.1. The fourth-order valence-corrected chi connectivity index (χ4v) is 4.06. The van der Waals surface area contributed by atoms with Crippen molar-refractivity contribution in [2.24, 2.45) is 0 Å². The van der Waals surface area contributed by atoms with E-state index in [0.717, 1.165) is 0 Å². The summed E-state index contributed by atoms with van der Waals surface area (Å²) in [6.07, 6.45) is 3.09. The van der Waals surface area contributed by atoms with Crippen molar-refractivity contribution in [3.05, 3.63) is 86.9 Å². The number of nitrogens with two attached hydrogens (primary N) is 1. The number of carbonyl (C=O) groups is 3. The molecule has 4 rings (SSSR count). The molecule has 12 nitrogen and oxygen atoms in total. The highest BCUT2D eigenvalue weighted by molar-refractivity contribution is 6.13. The number of aromatic amines is 1. The summed E-state index contributed by atoms with van der Waals surface area (Å²) in [6.45, 7) is 5.45. The molecule has 7 N–H and O–H groups in total. The Morgan fingerprint density at radius 1 is 1.15 bits per heavy atom. The monoisotopic (exact) mass is 544 g/mol. The van der Waals surface area contributed by atoms with Crippen LogP contribution in [-0.2, 0) is 22.7 Å². The molecule has 0 saturated heterocycles. The van der Waals surface area contributed by atoms with Crippen molar-refractivity contribution in [1.82, 2.24) is 20.6 Å². The van der Waals surface area contributed by atoms with Gasteiger partial charge in [-0.2, -0.15) is 0 Å². The molecule has 0 aliphatic carbocycles. The predicted molar refractivity (Wildman–Crippen MR) is 149 cm³/mol. The van der Waals surface area contributed by atoms with Crippen LogP contribution < -0.4 is 42.5 Å². The molecule has 0 saturated carbocycles. The minimum atomic E-state index is -0.664. The van der Waals surface area contributed by atoms with E-state index in [0.29, 0.717) is 22.6 Å². The second kappa shape index (κ2) is 12.0. The fourth-order valence-electron chi connectivity index (χ4n) is 4.06. The first-order valence-electron chi connectivity index (χ1n) is 12.3. The molecule has 1 aromatic heterocycles. The van der Waals surface area contributed by atoms with Gasteiger partial charge < -0.3 is 36.5 Å². The summed E-state index contributed by atoms with van der Waals surface area (Å²) in [4.78, 5) is 57.4. The molecule has 0 radical (unpaired) electrons. The molecule has 0 bridgehead atoms. The molecule has 1 aliphatic rings. The topological polar surface area (TPSA) is 189 Å². The second-order valence-electron chi connectivity index (χ2n) is 8.86. The van der Waals surface area contributed by atoms with Gasteiger partial charge in [0.25, 0.3) is 17.4 Å². The van der Waals surface area contributed by atoms with Crippen LogP contribution in [0, 0.1) is 0 Å². The average Bonchev–Trinajstić information content (AvgIpc) is 2.94. The summed E-state index contributed by atoms with van der Waals surface area (Å²) < 4.78 is 5.33. The van der Waals surface area contributed by atoms with E-state index in [2.05, 4.69) is 32.5 Å². The van der Waals surface area contributed by atoms with E-state index in [-0.39, 0.29) is 65.4 Å². The summed E-state index contributed by atoms with van der Waals surface area (Å²) in [5.74, 6) is -1.20. The molecular formula is C28H28N6O6. The van der Waals surface area contributed by atoms with E-state index in [1.54, 1.807) is 31.2 Å². The summed E-state index contributed by atoms with van der Waals surface area (Å²) >= 11 is 0. The number of amides is 3. The first kappa shape index (κ1) is 27.6. The number of ether oxygens (including phenoxy) is 1. The van der Waals surface area contributed by atoms with Crippen molar-refractivity contribution in [3.8, 4) is 11.5 Å². The number of aromatic nitrogens is 2. The summed E-state index contributed by atoms with van der Waals surface area (Å²) in [6, 6.07) is 9.67. The molecule has 40 heavy (non-hydrogen) atoms. The van der Waals surface area contributed by atoms with Crippen molar-refractivity contribution in [2.75, 3.05) is 17.7 Å². The number of hydrogen-bond acceptors (Lipinski definition) is 8. The van der Waals surface area contributed by atoms with Crippen molar-refractivity contribution in [1.29, 1.82) is 0 Å². The largest absolute Gasteiger partial charge is 0.506 e. The molecule has 2 aromatic carbocycles. The van der Waals surface area contributed by atoms with Crippen LogP contribution in [0.3, 0.4) is 0 Å². The summed E-state index contributed by atoms with van der Waals surface area (Å²) in [5.41, 5.74) is 7.18. The molecule has 1 aliphatic heterocycles. The Balaban J connectivity index is 1.56. The number of rotatable bonds is 8. The van der Waals surface area contributed by atoms with E-state index in [9.17, 15) is 24.3 Å². The van der Waals surface area contributed by atoms with E-state index in [4.69, 9.17) is 10.5 Å². The molecule has 0 atom stereocenters. The Kier molecular flexibility index (Phi) is 8.28. The number of H-pyrrole nitrogens is 1. The number of anilines is 2. The van der Waals surface area contributed by atoms with Gasteiger partial charge >= 0.3 is 0 Å². The van der Waals surface area contributed by atoms with Gasteiger partial charge in [-0.25, -0.2) is 4.98 Å². The smallest absolute Gasteiger partial charge is 0.287 e. The number of nitrogens with zero attached hydrogens (tertiary/aromatic N) is 1. The first-order chi connectivity index (χ1) is 19.2. The molecule has 206 valence electrons. The number of carbonyl (C=O) groups excluding carboxylic acids is 3. The van der Waals surface area contributed by atoms with Gasteiger partial charge in [0, 0.05) is 18.7 Å². The van der Waals surface area contributed by atoms with Crippen LogP contribution >= 0.6 is 0 Å². The number of hydrogen-bond donors (Lipinski definition) is 6. The highest BCUT2D eigenvalue weighted by Crippen LogP contribution is 2.28. The van der Waals surface area contributed by atoms with Crippen molar-refractivity contribution in [3.63, 3.8) is 0 Å². The fraction of sp³-hybridized carbons (Fsp3) is 0.179. The molecule has 0 fully saturated rings. The molecular weight excluding hydrogens is 516 g/mol. The number of nitrogens with one attached hydrogen (secondary N) is 4. The molecule has 0 spiro atoms. The van der Waals surface area contributed by atoms with Gasteiger partial charge in [-0.1, -0.05) is 24.3 Å². The maximum Gasteiger partial charge on any atom is 0.287 e. The third-order valence-electron chi connectivity index (χ3n) is 6.04. The zero-order valence-electron chi connectivity index (χ0n) is 21.7. The second-order valence-corrected chi connectivity index (χ2v) is 8.86. The van der Waals surface area contributed by atoms with Crippen LogP contribution in [0.4, 0.5) is 11.4 Å². The number of aromatic hydroxyl groups is 1. The Labute approximate surface area is 228 Å². The molecule has 12 heteroatoms. The average molecular weight is 545 g/mol. The van der Waals surface area contributed by atoms with Crippen LogP contribution in [0.15, 0.2) is 53.8 Å². The zero-order chi connectivity index (χ0) is 28.8. The third-order valence-corrected chi connectivity index (χ3v) is 6.04. The number of allylic oxidation sites excluding steroid dienone is 1. The maximum absolute atomic E-state index is 13.1. The Morgan fingerprint density at radius 2 is 1.88 bits per heavy atom. The summed E-state index contributed by atoms with van der Waals surface area (Å²) in [5, 5.41) is 17.9. The van der Waals surface area contributed by atoms with Gasteiger partial charge in [0.15, 0.2) is 12.4 Å². The lowest BCUT2D eigenvalue weighted by molar-refractivity contribution is -0.118. The van der Waals surface area contributed by atoms with E-state index in [1.807, 2.05) is 0 Å². The van der Waals surface area contributed by atoms with Crippen LogP contribution in [0.1, 0.15) is 35.1 Å². The number of phenols is 1. The number of fused-ring (bicyclic) bond motifs is 1. The van der Waals surface area contributed by atoms with E-state index >= 15 is 0 Å². The van der Waals surface area contributed by atoms with Crippen LogP contribution in [0.5, 0.6) is 11.5 Å². The number of benzene rings is 2. The Bertz CT molecular complexity index is 1690. The highest BCUT2D eigenvalue weighted by Gasteiger charge is 2.18. The SMILES string of the molecule is C=CC/C(C(=O)NCc1ccc(O)c(N)c1)=c1/c(=O)[nH]c(C(=O)NCc2ccc3c(c2)NC(=O)CO3)n/c1=C/C. The van der Waals surface area contributed by atoms with Gasteiger partial charge in [0.05, 0.1) is 21.9 Å². The van der Waals surface area contributed by atoms with Crippen molar-refractivity contribution >= 4 is 40.7 Å². The normalized spacial score (nSPS) is 13.4. The van der Waals surface area contributed by atoms with Gasteiger partial charge in [0.2, 0.25) is 5.91 Å². The number of phenolic OH excluding ortho intramolecular Hbond substituents is 1. The van der Waals surface area contributed by atoms with E-state index in [1.165, 1.54) is 24.3 Å². The van der Waals surface area contributed by atoms with Gasteiger partial charge in [0.1, 0.15) is 11.5 Å². The standard InChI is InChI=1S/C28H28N6O6/c1-3-5-17(26(37)30-12-15-6-8-21(35)18(29)10-15)24-19(4-2)33-25(34-27(24)38)28(39)31-13-16-7-9-22-20(11-16)32-23(36)14-40-22/h3-4,6-11,35H,1,5,12-14,29H2,2H3,(H,30,37)(H,31,39)(H,32,36)(H,33,34,38)/b19-4+,24-17-. The minimum Gasteiger partial charge on any atom is -0.506 e. The lowest BCUT2D eigenvalue weighted by Gasteiger charge is -2.18.